The molecular weight excluding hydrogens is 274 g/mol. The van der Waals surface area contributed by atoms with Crippen LogP contribution in [0.3, 0.4) is 0 Å². The van der Waals surface area contributed by atoms with E-state index in [1.807, 2.05) is 0 Å². The fourth-order valence-electron chi connectivity index (χ4n) is 2.18. The van der Waals surface area contributed by atoms with Gasteiger partial charge in [-0.15, -0.1) is 0 Å². The van der Waals surface area contributed by atoms with Gasteiger partial charge in [0, 0.05) is 0 Å². The molecule has 0 unspecified atom stereocenters. The van der Waals surface area contributed by atoms with E-state index in [9.17, 15) is 8.42 Å². The van der Waals surface area contributed by atoms with Crippen molar-refractivity contribution in [3.63, 3.8) is 0 Å². The normalized spacial score (nSPS) is 12.2. The van der Waals surface area contributed by atoms with Crippen LogP contribution in [0.25, 0.3) is 0 Å². The van der Waals surface area contributed by atoms with Gasteiger partial charge >= 0.3 is 0 Å². The van der Waals surface area contributed by atoms with Crippen molar-refractivity contribution in [1.82, 2.24) is 0 Å². The van der Waals surface area contributed by atoms with Crippen LogP contribution in [-0.2, 0) is 14.3 Å². The summed E-state index contributed by atoms with van der Waals surface area (Å²) in [6.45, 7) is 4.29. The van der Waals surface area contributed by atoms with E-state index >= 15 is 0 Å². The van der Waals surface area contributed by atoms with E-state index in [1.54, 1.807) is 13.8 Å². The second kappa shape index (κ2) is 12.6. The number of rotatable bonds is 14. The molecule has 0 heterocycles. The Hall–Kier alpha value is -0.130. The van der Waals surface area contributed by atoms with Gasteiger partial charge < -0.3 is 5.73 Å². The zero-order valence-electron chi connectivity index (χ0n) is 13.3. The second-order valence-electron chi connectivity index (χ2n) is 5.73. The Balaban J connectivity index is 3.28. The van der Waals surface area contributed by atoms with E-state index in [1.165, 1.54) is 38.5 Å². The van der Waals surface area contributed by atoms with Crippen molar-refractivity contribution in [2.75, 3.05) is 12.3 Å². The van der Waals surface area contributed by atoms with Crippen molar-refractivity contribution in [2.24, 2.45) is 5.73 Å². The summed E-state index contributed by atoms with van der Waals surface area (Å²) in [7, 11) is -3.30. The summed E-state index contributed by atoms with van der Waals surface area (Å²) >= 11 is 0. The van der Waals surface area contributed by atoms with E-state index < -0.39 is 10.1 Å². The number of hydrogen-bond donors (Lipinski definition) is 1. The molecule has 0 aromatic heterocycles. The van der Waals surface area contributed by atoms with Crippen LogP contribution in [0.1, 0.15) is 78.1 Å². The van der Waals surface area contributed by atoms with Gasteiger partial charge in [0.05, 0.1) is 11.9 Å². The molecule has 0 aliphatic heterocycles. The van der Waals surface area contributed by atoms with Gasteiger partial charge in [-0.05, 0) is 33.2 Å². The second-order valence-corrected chi connectivity index (χ2v) is 7.45. The highest BCUT2D eigenvalue weighted by Crippen LogP contribution is 2.11. The molecule has 0 saturated carbocycles. The van der Waals surface area contributed by atoms with E-state index in [4.69, 9.17) is 9.92 Å². The quantitative estimate of drug-likeness (QED) is 0.393. The highest BCUT2D eigenvalue weighted by Gasteiger charge is 2.12. The smallest absolute Gasteiger partial charge is 0.267 e. The minimum absolute atomic E-state index is 0.157. The fraction of sp³-hybridized carbons (Fsp3) is 1.00. The van der Waals surface area contributed by atoms with Crippen molar-refractivity contribution >= 4 is 10.1 Å². The molecule has 0 aliphatic rings. The summed E-state index contributed by atoms with van der Waals surface area (Å²) in [6.07, 6.45) is 11.3. The molecular formula is C15H33NO3S. The Morgan fingerprint density at radius 2 is 1.20 bits per heavy atom. The van der Waals surface area contributed by atoms with Crippen molar-refractivity contribution < 1.29 is 12.6 Å². The van der Waals surface area contributed by atoms with Crippen LogP contribution in [-0.4, -0.2) is 26.8 Å². The van der Waals surface area contributed by atoms with Crippen molar-refractivity contribution in [3.8, 4) is 0 Å². The first-order valence-corrected chi connectivity index (χ1v) is 9.66. The first kappa shape index (κ1) is 19.9. The van der Waals surface area contributed by atoms with Gasteiger partial charge in [0.15, 0.2) is 0 Å². The largest absolute Gasteiger partial charge is 0.330 e. The molecule has 0 bridgehead atoms. The first-order valence-electron chi connectivity index (χ1n) is 8.09. The molecule has 0 aliphatic carbocycles. The standard InChI is InChI=1S/C15H33NO3S/c1-15(2)19-20(17,18)14-12-10-8-6-4-3-5-7-9-11-13-16/h15H,3-14,16H2,1-2H3. The lowest BCUT2D eigenvalue weighted by Gasteiger charge is -2.08. The molecule has 0 aromatic rings. The Morgan fingerprint density at radius 3 is 1.60 bits per heavy atom. The average molecular weight is 308 g/mol. The molecule has 2 N–H and O–H groups in total. The first-order chi connectivity index (χ1) is 9.48. The van der Waals surface area contributed by atoms with Gasteiger partial charge in [-0.3, -0.25) is 4.18 Å². The molecule has 0 amide bonds. The van der Waals surface area contributed by atoms with Gasteiger partial charge in [-0.2, -0.15) is 8.42 Å². The van der Waals surface area contributed by atoms with Crippen LogP contribution in [0.5, 0.6) is 0 Å². The molecule has 0 atom stereocenters. The maximum atomic E-state index is 11.5. The van der Waals surface area contributed by atoms with Crippen LogP contribution in [0.15, 0.2) is 0 Å². The van der Waals surface area contributed by atoms with E-state index in [0.29, 0.717) is 6.42 Å². The highest BCUT2D eigenvalue weighted by molar-refractivity contribution is 7.86. The summed E-state index contributed by atoms with van der Waals surface area (Å²) < 4.78 is 27.8. The summed E-state index contributed by atoms with van der Waals surface area (Å²) in [5.74, 6) is 0.157. The van der Waals surface area contributed by atoms with Crippen LogP contribution >= 0.6 is 0 Å². The van der Waals surface area contributed by atoms with Crippen LogP contribution in [0.4, 0.5) is 0 Å². The molecule has 20 heavy (non-hydrogen) atoms. The third-order valence-electron chi connectivity index (χ3n) is 3.19. The van der Waals surface area contributed by atoms with E-state index in [2.05, 4.69) is 0 Å². The highest BCUT2D eigenvalue weighted by atomic mass is 32.2. The summed E-state index contributed by atoms with van der Waals surface area (Å²) in [6, 6.07) is 0. The predicted molar refractivity (Wildman–Crippen MR) is 85.2 cm³/mol. The lowest BCUT2D eigenvalue weighted by Crippen LogP contribution is -2.15. The summed E-state index contributed by atoms with van der Waals surface area (Å²) in [5.41, 5.74) is 5.44. The molecule has 0 spiro atoms. The molecule has 0 aromatic carbocycles. The molecule has 5 heteroatoms. The monoisotopic (exact) mass is 307 g/mol. The molecule has 0 rings (SSSR count). The third kappa shape index (κ3) is 14.3. The molecule has 122 valence electrons. The lowest BCUT2D eigenvalue weighted by molar-refractivity contribution is 0.248. The topological polar surface area (TPSA) is 69.4 Å². The Labute approximate surface area is 125 Å². The Kier molecular flexibility index (Phi) is 12.5. The van der Waals surface area contributed by atoms with Gasteiger partial charge in [-0.1, -0.05) is 51.4 Å². The Morgan fingerprint density at radius 1 is 0.800 bits per heavy atom. The number of nitrogens with two attached hydrogens (primary N) is 1. The summed E-state index contributed by atoms with van der Waals surface area (Å²) in [4.78, 5) is 0. The van der Waals surface area contributed by atoms with Gasteiger partial charge in [-0.25, -0.2) is 0 Å². The minimum atomic E-state index is -3.30. The third-order valence-corrected chi connectivity index (χ3v) is 4.65. The van der Waals surface area contributed by atoms with E-state index in [0.717, 1.165) is 25.8 Å². The number of hydrogen-bond acceptors (Lipinski definition) is 4. The van der Waals surface area contributed by atoms with Crippen LogP contribution in [0, 0.1) is 0 Å². The van der Waals surface area contributed by atoms with Crippen LogP contribution < -0.4 is 5.73 Å². The minimum Gasteiger partial charge on any atom is -0.330 e. The molecule has 0 fully saturated rings. The SMILES string of the molecule is CC(C)OS(=O)(=O)CCCCCCCCCCCCN. The molecule has 0 radical (unpaired) electrons. The fourth-order valence-corrected chi connectivity index (χ4v) is 3.42. The van der Waals surface area contributed by atoms with Crippen molar-refractivity contribution in [1.29, 1.82) is 0 Å². The van der Waals surface area contributed by atoms with Crippen molar-refractivity contribution in [2.45, 2.75) is 84.2 Å². The average Bonchev–Trinajstić information content (AvgIpc) is 2.34. The van der Waals surface area contributed by atoms with Crippen LogP contribution in [0.2, 0.25) is 0 Å². The lowest BCUT2D eigenvalue weighted by atomic mass is 10.1. The van der Waals surface area contributed by atoms with E-state index in [-0.39, 0.29) is 11.9 Å². The molecule has 4 nitrogen and oxygen atoms in total. The van der Waals surface area contributed by atoms with Gasteiger partial charge in [0.2, 0.25) is 0 Å². The van der Waals surface area contributed by atoms with Gasteiger partial charge in [0.1, 0.15) is 0 Å². The zero-order valence-corrected chi connectivity index (χ0v) is 14.1. The summed E-state index contributed by atoms with van der Waals surface area (Å²) in [5, 5.41) is 0. The molecule has 0 saturated heterocycles. The zero-order chi connectivity index (χ0) is 15.3. The van der Waals surface area contributed by atoms with Gasteiger partial charge in [0.25, 0.3) is 10.1 Å². The maximum Gasteiger partial charge on any atom is 0.267 e. The number of unbranched alkanes of at least 4 members (excludes halogenated alkanes) is 9. The predicted octanol–water partition coefficient (Wildman–Crippen LogP) is 3.60. The maximum absolute atomic E-state index is 11.5. The van der Waals surface area contributed by atoms with Crippen molar-refractivity contribution in [3.05, 3.63) is 0 Å². The Bertz CT molecular complexity index is 302.